The van der Waals surface area contributed by atoms with Gasteiger partial charge in [0.25, 0.3) is 0 Å². The Kier molecular flexibility index (Phi) is 4.27. The second kappa shape index (κ2) is 6.18. The maximum atomic E-state index is 12.4. The summed E-state index contributed by atoms with van der Waals surface area (Å²) < 4.78 is 1.45. The minimum atomic E-state index is -0.576. The summed E-state index contributed by atoms with van der Waals surface area (Å²) >= 11 is 11.8. The van der Waals surface area contributed by atoms with Gasteiger partial charge in [0.2, 0.25) is 0 Å². The average molecular weight is 338 g/mol. The molecule has 0 bridgehead atoms. The van der Waals surface area contributed by atoms with Crippen LogP contribution in [0.15, 0.2) is 24.4 Å². The van der Waals surface area contributed by atoms with Crippen LogP contribution in [-0.2, 0) is 4.79 Å². The van der Waals surface area contributed by atoms with Crippen molar-refractivity contribution in [3.05, 3.63) is 40.1 Å². The highest BCUT2D eigenvalue weighted by Crippen LogP contribution is 2.26. The van der Waals surface area contributed by atoms with Crippen molar-refractivity contribution < 1.29 is 9.59 Å². The van der Waals surface area contributed by atoms with Gasteiger partial charge in [-0.15, -0.1) is 5.10 Å². The lowest BCUT2D eigenvalue weighted by molar-refractivity contribution is -0.122. The van der Waals surface area contributed by atoms with Crippen molar-refractivity contribution in [1.82, 2.24) is 15.0 Å². The van der Waals surface area contributed by atoms with Gasteiger partial charge in [-0.1, -0.05) is 34.8 Å². The van der Waals surface area contributed by atoms with E-state index >= 15 is 0 Å². The molecular formula is C15H13Cl2N3O2. The van der Waals surface area contributed by atoms with Crippen LogP contribution in [0.1, 0.15) is 36.2 Å². The summed E-state index contributed by atoms with van der Waals surface area (Å²) in [6, 6.07) is 5.01. The third-order valence-corrected chi connectivity index (χ3v) is 4.52. The van der Waals surface area contributed by atoms with Crippen LogP contribution in [0.5, 0.6) is 0 Å². The smallest absolute Gasteiger partial charge is 0.195 e. The van der Waals surface area contributed by atoms with E-state index in [-0.39, 0.29) is 17.3 Å². The van der Waals surface area contributed by atoms with E-state index < -0.39 is 5.92 Å². The molecule has 1 heterocycles. The number of aromatic nitrogens is 3. The molecule has 0 aliphatic heterocycles. The van der Waals surface area contributed by atoms with Crippen LogP contribution >= 0.6 is 23.2 Å². The van der Waals surface area contributed by atoms with E-state index in [4.69, 9.17) is 23.2 Å². The normalized spacial score (nSPS) is 18.5. The minimum Gasteiger partial charge on any atom is -0.299 e. The van der Waals surface area contributed by atoms with E-state index in [0.29, 0.717) is 28.6 Å². The standard InChI is InChI=1S/C15H13Cl2N3O2/c16-11-6-5-9(7-12(11)17)20-8-13(18-19-20)15(22)10-3-1-2-4-14(10)21/h5-8,10H,1-4H2/t10-/m0/s1. The number of rotatable bonds is 3. The molecule has 1 aliphatic carbocycles. The molecule has 1 aromatic heterocycles. The molecule has 3 rings (SSSR count). The highest BCUT2D eigenvalue weighted by Gasteiger charge is 2.31. The van der Waals surface area contributed by atoms with E-state index in [2.05, 4.69) is 10.3 Å². The molecule has 1 saturated carbocycles. The van der Waals surface area contributed by atoms with Gasteiger partial charge in [-0.05, 0) is 31.0 Å². The van der Waals surface area contributed by atoms with Crippen LogP contribution < -0.4 is 0 Å². The molecule has 0 unspecified atom stereocenters. The largest absolute Gasteiger partial charge is 0.299 e. The van der Waals surface area contributed by atoms with Gasteiger partial charge in [-0.2, -0.15) is 0 Å². The monoisotopic (exact) mass is 337 g/mol. The van der Waals surface area contributed by atoms with Gasteiger partial charge in [-0.25, -0.2) is 4.68 Å². The van der Waals surface area contributed by atoms with Gasteiger partial charge in [0.1, 0.15) is 11.5 Å². The molecule has 7 heteroatoms. The lowest BCUT2D eigenvalue weighted by Gasteiger charge is -2.17. The molecule has 0 saturated heterocycles. The van der Waals surface area contributed by atoms with Gasteiger partial charge in [0.05, 0.1) is 27.8 Å². The third kappa shape index (κ3) is 2.91. The molecule has 2 aromatic rings. The summed E-state index contributed by atoms with van der Waals surface area (Å²) in [7, 11) is 0. The highest BCUT2D eigenvalue weighted by molar-refractivity contribution is 6.42. The van der Waals surface area contributed by atoms with Gasteiger partial charge >= 0.3 is 0 Å². The predicted octanol–water partition coefficient (Wildman–Crippen LogP) is 3.52. The van der Waals surface area contributed by atoms with Gasteiger partial charge in [-0.3, -0.25) is 9.59 Å². The average Bonchev–Trinajstić information content (AvgIpc) is 3.00. The molecule has 1 fully saturated rings. The van der Waals surface area contributed by atoms with Crippen molar-refractivity contribution in [3.8, 4) is 5.69 Å². The van der Waals surface area contributed by atoms with Crippen LogP contribution in [-0.4, -0.2) is 26.6 Å². The Balaban J connectivity index is 1.85. The maximum absolute atomic E-state index is 12.4. The quantitative estimate of drug-likeness (QED) is 0.634. The molecule has 0 N–H and O–H groups in total. The van der Waals surface area contributed by atoms with Crippen LogP contribution in [0.4, 0.5) is 0 Å². The molecule has 114 valence electrons. The van der Waals surface area contributed by atoms with Gasteiger partial charge in [0, 0.05) is 6.42 Å². The van der Waals surface area contributed by atoms with Crippen molar-refractivity contribution in [1.29, 1.82) is 0 Å². The van der Waals surface area contributed by atoms with Crippen molar-refractivity contribution in [2.45, 2.75) is 25.7 Å². The van der Waals surface area contributed by atoms with Crippen molar-refractivity contribution in [3.63, 3.8) is 0 Å². The number of halogens is 2. The van der Waals surface area contributed by atoms with Crippen LogP contribution in [0.25, 0.3) is 5.69 Å². The molecule has 1 aromatic carbocycles. The number of hydrogen-bond acceptors (Lipinski definition) is 4. The summed E-state index contributed by atoms with van der Waals surface area (Å²) in [4.78, 5) is 24.3. The molecule has 0 spiro atoms. The van der Waals surface area contributed by atoms with Crippen molar-refractivity contribution >= 4 is 34.8 Å². The fourth-order valence-corrected chi connectivity index (χ4v) is 2.86. The number of carbonyl (C=O) groups is 2. The van der Waals surface area contributed by atoms with Gasteiger partial charge < -0.3 is 0 Å². The molecule has 22 heavy (non-hydrogen) atoms. The minimum absolute atomic E-state index is 0.000312. The Labute approximate surface area is 137 Å². The Morgan fingerprint density at radius 3 is 2.77 bits per heavy atom. The van der Waals surface area contributed by atoms with Crippen molar-refractivity contribution in [2.24, 2.45) is 5.92 Å². The first-order valence-electron chi connectivity index (χ1n) is 7.01. The Morgan fingerprint density at radius 2 is 2.05 bits per heavy atom. The van der Waals surface area contributed by atoms with Crippen LogP contribution in [0.2, 0.25) is 10.0 Å². The van der Waals surface area contributed by atoms with E-state index in [0.717, 1.165) is 12.8 Å². The number of nitrogens with zero attached hydrogens (tertiary/aromatic N) is 3. The lowest BCUT2D eigenvalue weighted by Crippen LogP contribution is -2.27. The first-order chi connectivity index (χ1) is 10.6. The second-order valence-corrected chi connectivity index (χ2v) is 6.09. The fraction of sp³-hybridized carbons (Fsp3) is 0.333. The molecule has 1 aliphatic rings. The number of hydrogen-bond donors (Lipinski definition) is 0. The topological polar surface area (TPSA) is 64.8 Å². The zero-order valence-electron chi connectivity index (χ0n) is 11.6. The summed E-state index contributed by atoms with van der Waals surface area (Å²) in [5.74, 6) is -0.830. The summed E-state index contributed by atoms with van der Waals surface area (Å²) in [6.45, 7) is 0. The molecule has 5 nitrogen and oxygen atoms in total. The number of carbonyl (C=O) groups excluding carboxylic acids is 2. The first kappa shape index (κ1) is 15.2. The third-order valence-electron chi connectivity index (χ3n) is 3.78. The Morgan fingerprint density at radius 1 is 1.23 bits per heavy atom. The fourth-order valence-electron chi connectivity index (χ4n) is 2.57. The van der Waals surface area contributed by atoms with E-state index in [1.807, 2.05) is 0 Å². The SMILES string of the molecule is O=C1CCCC[C@@H]1C(=O)c1cn(-c2ccc(Cl)c(Cl)c2)nn1. The Bertz CT molecular complexity index is 742. The summed E-state index contributed by atoms with van der Waals surface area (Å²) in [6.07, 6.45) is 4.33. The zero-order valence-corrected chi connectivity index (χ0v) is 13.1. The summed E-state index contributed by atoms with van der Waals surface area (Å²) in [5, 5.41) is 8.65. The number of Topliss-reactive ketones (excluding diaryl/α,β-unsaturated/α-hetero) is 2. The van der Waals surface area contributed by atoms with Crippen LogP contribution in [0, 0.1) is 5.92 Å². The predicted molar refractivity (Wildman–Crippen MR) is 82.7 cm³/mol. The molecular weight excluding hydrogens is 325 g/mol. The summed E-state index contributed by atoms with van der Waals surface area (Å²) in [5.41, 5.74) is 0.849. The van der Waals surface area contributed by atoms with Crippen LogP contribution in [0.3, 0.4) is 0 Å². The van der Waals surface area contributed by atoms with E-state index in [1.54, 1.807) is 18.2 Å². The lowest BCUT2D eigenvalue weighted by atomic mass is 9.84. The van der Waals surface area contributed by atoms with E-state index in [1.165, 1.54) is 10.9 Å². The zero-order chi connectivity index (χ0) is 15.7. The van der Waals surface area contributed by atoms with Gasteiger partial charge in [0.15, 0.2) is 5.78 Å². The molecule has 1 atom stereocenters. The maximum Gasteiger partial charge on any atom is 0.195 e. The number of benzene rings is 1. The van der Waals surface area contributed by atoms with Crippen molar-refractivity contribution in [2.75, 3.05) is 0 Å². The first-order valence-corrected chi connectivity index (χ1v) is 7.76. The Hall–Kier alpha value is -1.72. The molecule has 0 amide bonds. The molecule has 0 radical (unpaired) electrons. The second-order valence-electron chi connectivity index (χ2n) is 5.28. The highest BCUT2D eigenvalue weighted by atomic mass is 35.5. The van der Waals surface area contributed by atoms with E-state index in [9.17, 15) is 9.59 Å². The number of ketones is 2.